The van der Waals surface area contributed by atoms with E-state index in [0.717, 1.165) is 18.5 Å². The summed E-state index contributed by atoms with van der Waals surface area (Å²) in [6, 6.07) is 0.789. The van der Waals surface area contributed by atoms with Crippen LogP contribution in [0.3, 0.4) is 0 Å². The standard InChI is InChI=1S/C11H21N/c1-3-4-9-12-11-7-5-10(2)6-8-11/h3-4,10-12H,5-9H2,1-2H3/b4-3+. The molecule has 1 nitrogen and oxygen atoms in total. The molecule has 0 aromatic carbocycles. The maximum Gasteiger partial charge on any atom is 0.0137 e. The molecule has 1 aliphatic rings. The monoisotopic (exact) mass is 167 g/mol. The van der Waals surface area contributed by atoms with Crippen LogP contribution in [0.2, 0.25) is 0 Å². The normalized spacial score (nSPS) is 31.2. The van der Waals surface area contributed by atoms with Gasteiger partial charge in [0.1, 0.15) is 0 Å². The predicted octanol–water partition coefficient (Wildman–Crippen LogP) is 2.73. The number of allylic oxidation sites excluding steroid dienone is 1. The Morgan fingerprint density at radius 2 is 1.92 bits per heavy atom. The summed E-state index contributed by atoms with van der Waals surface area (Å²) in [5.41, 5.74) is 0. The van der Waals surface area contributed by atoms with Gasteiger partial charge in [-0.25, -0.2) is 0 Å². The number of hydrogen-bond donors (Lipinski definition) is 1. The van der Waals surface area contributed by atoms with Gasteiger partial charge in [-0.3, -0.25) is 0 Å². The van der Waals surface area contributed by atoms with Gasteiger partial charge in [0, 0.05) is 12.6 Å². The van der Waals surface area contributed by atoms with Gasteiger partial charge in [-0.05, 0) is 38.5 Å². The Bertz CT molecular complexity index is 132. The van der Waals surface area contributed by atoms with Crippen molar-refractivity contribution >= 4 is 0 Å². The van der Waals surface area contributed by atoms with E-state index in [1.54, 1.807) is 0 Å². The predicted molar refractivity (Wildman–Crippen MR) is 54.2 cm³/mol. The summed E-state index contributed by atoms with van der Waals surface area (Å²) in [5.74, 6) is 0.963. The molecule has 0 saturated heterocycles. The summed E-state index contributed by atoms with van der Waals surface area (Å²) < 4.78 is 0. The summed E-state index contributed by atoms with van der Waals surface area (Å²) in [6.07, 6.45) is 9.87. The second-order valence-electron chi connectivity index (χ2n) is 3.93. The molecule has 1 saturated carbocycles. The maximum atomic E-state index is 3.56. The van der Waals surface area contributed by atoms with Gasteiger partial charge >= 0.3 is 0 Å². The number of nitrogens with one attached hydrogen (secondary N) is 1. The lowest BCUT2D eigenvalue weighted by Gasteiger charge is -2.26. The van der Waals surface area contributed by atoms with E-state index in [9.17, 15) is 0 Å². The van der Waals surface area contributed by atoms with Crippen molar-refractivity contribution < 1.29 is 0 Å². The van der Waals surface area contributed by atoms with E-state index < -0.39 is 0 Å². The van der Waals surface area contributed by atoms with Crippen LogP contribution in [0.1, 0.15) is 39.5 Å². The third-order valence-electron chi connectivity index (χ3n) is 2.78. The SMILES string of the molecule is C/C=C/CNC1CCC(C)CC1. The summed E-state index contributed by atoms with van der Waals surface area (Å²) in [6.45, 7) is 5.49. The molecule has 1 aliphatic carbocycles. The minimum atomic E-state index is 0.789. The molecule has 0 unspecified atom stereocenters. The fourth-order valence-electron chi connectivity index (χ4n) is 1.82. The largest absolute Gasteiger partial charge is 0.311 e. The van der Waals surface area contributed by atoms with Gasteiger partial charge in [0.05, 0.1) is 0 Å². The second kappa shape index (κ2) is 5.36. The van der Waals surface area contributed by atoms with E-state index in [4.69, 9.17) is 0 Å². The van der Waals surface area contributed by atoms with E-state index in [-0.39, 0.29) is 0 Å². The average molecular weight is 167 g/mol. The Kier molecular flexibility index (Phi) is 4.37. The topological polar surface area (TPSA) is 12.0 Å². The van der Waals surface area contributed by atoms with E-state index in [1.807, 2.05) is 0 Å². The first-order valence-corrected chi connectivity index (χ1v) is 5.17. The van der Waals surface area contributed by atoms with Gasteiger partial charge in [-0.1, -0.05) is 19.1 Å². The van der Waals surface area contributed by atoms with E-state index >= 15 is 0 Å². The third-order valence-corrected chi connectivity index (χ3v) is 2.78. The highest BCUT2D eigenvalue weighted by atomic mass is 14.9. The zero-order chi connectivity index (χ0) is 8.81. The Labute approximate surface area is 76.2 Å². The molecule has 0 aromatic heterocycles. The number of rotatable bonds is 3. The third kappa shape index (κ3) is 3.40. The van der Waals surface area contributed by atoms with E-state index in [2.05, 4.69) is 31.3 Å². The quantitative estimate of drug-likeness (QED) is 0.637. The summed E-state index contributed by atoms with van der Waals surface area (Å²) >= 11 is 0. The Morgan fingerprint density at radius 1 is 1.25 bits per heavy atom. The molecule has 1 N–H and O–H groups in total. The van der Waals surface area contributed by atoms with Crippen molar-refractivity contribution in [1.82, 2.24) is 5.32 Å². The fourth-order valence-corrected chi connectivity index (χ4v) is 1.82. The molecule has 0 amide bonds. The highest BCUT2D eigenvalue weighted by Gasteiger charge is 2.16. The highest BCUT2D eigenvalue weighted by molar-refractivity contribution is 4.83. The van der Waals surface area contributed by atoms with Crippen molar-refractivity contribution in [2.45, 2.75) is 45.6 Å². The zero-order valence-corrected chi connectivity index (χ0v) is 8.34. The molecule has 0 atom stereocenters. The lowest BCUT2D eigenvalue weighted by atomic mass is 9.87. The summed E-state index contributed by atoms with van der Waals surface area (Å²) in [7, 11) is 0. The molecule has 0 aromatic rings. The van der Waals surface area contributed by atoms with Crippen LogP contribution in [0.5, 0.6) is 0 Å². The first-order chi connectivity index (χ1) is 5.83. The summed E-state index contributed by atoms with van der Waals surface area (Å²) in [5, 5.41) is 3.56. The van der Waals surface area contributed by atoms with Crippen molar-refractivity contribution in [3.63, 3.8) is 0 Å². The molecule has 0 radical (unpaired) electrons. The molecule has 12 heavy (non-hydrogen) atoms. The molecule has 1 fully saturated rings. The summed E-state index contributed by atoms with van der Waals surface area (Å²) in [4.78, 5) is 0. The lowest BCUT2D eigenvalue weighted by molar-refractivity contribution is 0.314. The maximum absolute atomic E-state index is 3.56. The highest BCUT2D eigenvalue weighted by Crippen LogP contribution is 2.23. The molecule has 0 aliphatic heterocycles. The fraction of sp³-hybridized carbons (Fsp3) is 0.818. The molecule has 1 heteroatoms. The Balaban J connectivity index is 2.09. The van der Waals surface area contributed by atoms with Crippen LogP contribution >= 0.6 is 0 Å². The van der Waals surface area contributed by atoms with Gasteiger partial charge < -0.3 is 5.32 Å². The van der Waals surface area contributed by atoms with Crippen molar-refractivity contribution in [2.24, 2.45) is 5.92 Å². The Hall–Kier alpha value is -0.300. The van der Waals surface area contributed by atoms with Crippen LogP contribution in [0.4, 0.5) is 0 Å². The van der Waals surface area contributed by atoms with Crippen LogP contribution in [0.25, 0.3) is 0 Å². The van der Waals surface area contributed by atoms with Crippen LogP contribution in [0, 0.1) is 5.92 Å². The molecule has 70 valence electrons. The van der Waals surface area contributed by atoms with Crippen molar-refractivity contribution in [2.75, 3.05) is 6.54 Å². The molecule has 0 spiro atoms. The molecular formula is C11H21N. The first kappa shape index (κ1) is 9.79. The van der Waals surface area contributed by atoms with Crippen LogP contribution in [-0.2, 0) is 0 Å². The van der Waals surface area contributed by atoms with Gasteiger partial charge in [-0.2, -0.15) is 0 Å². The average Bonchev–Trinajstić information content (AvgIpc) is 2.09. The smallest absolute Gasteiger partial charge is 0.0137 e. The molecule has 1 rings (SSSR count). The van der Waals surface area contributed by atoms with Crippen LogP contribution in [0.15, 0.2) is 12.2 Å². The van der Waals surface area contributed by atoms with E-state index in [0.29, 0.717) is 0 Å². The number of hydrogen-bond acceptors (Lipinski definition) is 1. The van der Waals surface area contributed by atoms with E-state index in [1.165, 1.54) is 25.7 Å². The van der Waals surface area contributed by atoms with Gasteiger partial charge in [0.25, 0.3) is 0 Å². The van der Waals surface area contributed by atoms with Crippen molar-refractivity contribution in [1.29, 1.82) is 0 Å². The molecule has 0 bridgehead atoms. The molecule has 0 heterocycles. The Morgan fingerprint density at radius 3 is 2.50 bits per heavy atom. The second-order valence-corrected chi connectivity index (χ2v) is 3.93. The lowest BCUT2D eigenvalue weighted by Crippen LogP contribution is -2.32. The van der Waals surface area contributed by atoms with Crippen molar-refractivity contribution in [3.8, 4) is 0 Å². The molecular weight excluding hydrogens is 146 g/mol. The minimum Gasteiger partial charge on any atom is -0.311 e. The first-order valence-electron chi connectivity index (χ1n) is 5.17. The van der Waals surface area contributed by atoms with Crippen LogP contribution < -0.4 is 5.32 Å². The van der Waals surface area contributed by atoms with Gasteiger partial charge in [-0.15, -0.1) is 0 Å². The van der Waals surface area contributed by atoms with Crippen molar-refractivity contribution in [3.05, 3.63) is 12.2 Å². The zero-order valence-electron chi connectivity index (χ0n) is 8.34. The van der Waals surface area contributed by atoms with Gasteiger partial charge in [0.15, 0.2) is 0 Å². The minimum absolute atomic E-state index is 0.789. The van der Waals surface area contributed by atoms with Gasteiger partial charge in [0.2, 0.25) is 0 Å². The van der Waals surface area contributed by atoms with Crippen LogP contribution in [-0.4, -0.2) is 12.6 Å².